The van der Waals surface area contributed by atoms with Crippen LogP contribution in [-0.2, 0) is 9.53 Å². The van der Waals surface area contributed by atoms with Crippen LogP contribution in [0.1, 0.15) is 53.4 Å². The second-order valence-corrected chi connectivity index (χ2v) is 7.75. The van der Waals surface area contributed by atoms with Gasteiger partial charge >= 0.3 is 6.09 Å². The fourth-order valence-corrected chi connectivity index (χ4v) is 3.27. The van der Waals surface area contributed by atoms with Gasteiger partial charge in [-0.05, 0) is 77.6 Å². The Labute approximate surface area is 154 Å². The number of anilines is 1. The minimum Gasteiger partial charge on any atom is -0.444 e. The van der Waals surface area contributed by atoms with Crippen molar-refractivity contribution < 1.29 is 18.7 Å². The smallest absolute Gasteiger partial charge is 0.407 e. The summed E-state index contributed by atoms with van der Waals surface area (Å²) in [5.74, 6) is -0.322. The SMILES string of the molecule is CCN(C(=O)C1CCC(NC(=O)OC(C)(C)C)CC1)c1ccc(F)cc1. The standard InChI is InChI=1S/C20H29FN2O3/c1-5-23(17-12-8-15(21)9-13-17)18(24)14-6-10-16(11-7-14)22-19(25)26-20(2,3)4/h8-9,12-14,16H,5-7,10-11H2,1-4H3,(H,22,25). The number of nitrogens with zero attached hydrogens (tertiary/aromatic N) is 1. The molecule has 1 N–H and O–H groups in total. The molecule has 1 aliphatic carbocycles. The number of carbonyl (C=O) groups is 2. The van der Waals surface area contributed by atoms with Gasteiger partial charge in [-0.15, -0.1) is 0 Å². The maximum Gasteiger partial charge on any atom is 0.407 e. The lowest BCUT2D eigenvalue weighted by molar-refractivity contribution is -0.123. The molecule has 144 valence electrons. The van der Waals surface area contributed by atoms with Crippen molar-refractivity contribution in [3.8, 4) is 0 Å². The third-order valence-corrected chi connectivity index (χ3v) is 4.52. The Morgan fingerprint density at radius 2 is 1.73 bits per heavy atom. The quantitative estimate of drug-likeness (QED) is 0.868. The fourth-order valence-electron chi connectivity index (χ4n) is 3.27. The van der Waals surface area contributed by atoms with E-state index in [0.29, 0.717) is 12.2 Å². The lowest BCUT2D eigenvalue weighted by Gasteiger charge is -2.32. The van der Waals surface area contributed by atoms with Crippen molar-refractivity contribution in [3.63, 3.8) is 0 Å². The number of rotatable bonds is 4. The van der Waals surface area contributed by atoms with Crippen LogP contribution in [0.3, 0.4) is 0 Å². The lowest BCUT2D eigenvalue weighted by Crippen LogP contribution is -2.43. The lowest BCUT2D eigenvalue weighted by atomic mass is 9.85. The van der Waals surface area contributed by atoms with Crippen molar-refractivity contribution in [2.45, 2.75) is 65.0 Å². The highest BCUT2D eigenvalue weighted by atomic mass is 19.1. The number of carbonyl (C=O) groups excluding carboxylic acids is 2. The molecule has 1 aliphatic rings. The van der Waals surface area contributed by atoms with Crippen molar-refractivity contribution in [3.05, 3.63) is 30.1 Å². The molecule has 0 radical (unpaired) electrons. The van der Waals surface area contributed by atoms with Crippen molar-refractivity contribution in [1.29, 1.82) is 0 Å². The maximum absolute atomic E-state index is 13.1. The summed E-state index contributed by atoms with van der Waals surface area (Å²) < 4.78 is 18.4. The zero-order valence-corrected chi connectivity index (χ0v) is 16.0. The van der Waals surface area contributed by atoms with E-state index in [1.54, 1.807) is 17.0 Å². The van der Waals surface area contributed by atoms with E-state index in [4.69, 9.17) is 4.74 Å². The third kappa shape index (κ3) is 5.71. The number of hydrogen-bond acceptors (Lipinski definition) is 3. The third-order valence-electron chi connectivity index (χ3n) is 4.52. The number of alkyl carbamates (subject to hydrolysis) is 1. The molecule has 0 bridgehead atoms. The van der Waals surface area contributed by atoms with Gasteiger partial charge in [0.15, 0.2) is 0 Å². The van der Waals surface area contributed by atoms with Crippen LogP contribution in [0.2, 0.25) is 0 Å². The van der Waals surface area contributed by atoms with E-state index < -0.39 is 11.7 Å². The van der Waals surface area contributed by atoms with Gasteiger partial charge in [0.1, 0.15) is 11.4 Å². The summed E-state index contributed by atoms with van der Waals surface area (Å²) in [6.45, 7) is 7.95. The summed E-state index contributed by atoms with van der Waals surface area (Å²) in [4.78, 5) is 26.4. The molecule has 0 atom stereocenters. The molecule has 0 aromatic heterocycles. The highest BCUT2D eigenvalue weighted by Gasteiger charge is 2.31. The zero-order valence-electron chi connectivity index (χ0n) is 16.0. The van der Waals surface area contributed by atoms with Crippen LogP contribution < -0.4 is 10.2 Å². The highest BCUT2D eigenvalue weighted by Crippen LogP contribution is 2.28. The summed E-state index contributed by atoms with van der Waals surface area (Å²) in [5, 5.41) is 2.89. The predicted octanol–water partition coefficient (Wildman–Crippen LogP) is 4.26. The topological polar surface area (TPSA) is 58.6 Å². The zero-order chi connectivity index (χ0) is 19.3. The van der Waals surface area contributed by atoms with Crippen LogP contribution in [0.15, 0.2) is 24.3 Å². The molecule has 1 aromatic rings. The molecule has 5 nitrogen and oxygen atoms in total. The first kappa shape index (κ1) is 20.2. The molecule has 0 spiro atoms. The largest absolute Gasteiger partial charge is 0.444 e. The Morgan fingerprint density at radius 1 is 1.15 bits per heavy atom. The van der Waals surface area contributed by atoms with Crippen molar-refractivity contribution >= 4 is 17.7 Å². The minimum atomic E-state index is -0.520. The molecule has 2 rings (SSSR count). The number of ether oxygens (including phenoxy) is 1. The number of nitrogens with one attached hydrogen (secondary N) is 1. The Balaban J connectivity index is 1.89. The van der Waals surface area contributed by atoms with Crippen LogP contribution in [-0.4, -0.2) is 30.2 Å². The van der Waals surface area contributed by atoms with E-state index in [0.717, 1.165) is 25.7 Å². The van der Waals surface area contributed by atoms with Crippen LogP contribution in [0, 0.1) is 11.7 Å². The van der Waals surface area contributed by atoms with Gasteiger partial charge < -0.3 is 15.0 Å². The summed E-state index contributed by atoms with van der Waals surface area (Å²) >= 11 is 0. The molecular weight excluding hydrogens is 335 g/mol. The van der Waals surface area contributed by atoms with E-state index in [-0.39, 0.29) is 23.7 Å². The average Bonchev–Trinajstić information content (AvgIpc) is 2.56. The molecule has 0 heterocycles. The first-order valence-electron chi connectivity index (χ1n) is 9.26. The maximum atomic E-state index is 13.1. The molecule has 26 heavy (non-hydrogen) atoms. The number of benzene rings is 1. The van der Waals surface area contributed by atoms with Crippen LogP contribution >= 0.6 is 0 Å². The average molecular weight is 364 g/mol. The Bertz CT molecular complexity index is 617. The van der Waals surface area contributed by atoms with Gasteiger partial charge in [0, 0.05) is 24.2 Å². The molecule has 0 saturated heterocycles. The Hall–Kier alpha value is -2.11. The number of amides is 2. The first-order valence-corrected chi connectivity index (χ1v) is 9.26. The Morgan fingerprint density at radius 3 is 2.23 bits per heavy atom. The van der Waals surface area contributed by atoms with Gasteiger partial charge in [0.05, 0.1) is 0 Å². The second-order valence-electron chi connectivity index (χ2n) is 7.75. The second kappa shape index (κ2) is 8.52. The van der Waals surface area contributed by atoms with Gasteiger partial charge in [-0.2, -0.15) is 0 Å². The van der Waals surface area contributed by atoms with Crippen LogP contribution in [0.4, 0.5) is 14.9 Å². The van der Waals surface area contributed by atoms with E-state index in [1.165, 1.54) is 12.1 Å². The van der Waals surface area contributed by atoms with Gasteiger partial charge in [0.25, 0.3) is 0 Å². The van der Waals surface area contributed by atoms with Gasteiger partial charge in [0.2, 0.25) is 5.91 Å². The predicted molar refractivity (Wildman–Crippen MR) is 99.5 cm³/mol. The summed E-state index contributed by atoms with van der Waals surface area (Å²) in [7, 11) is 0. The van der Waals surface area contributed by atoms with Gasteiger partial charge in [-0.1, -0.05) is 0 Å². The minimum absolute atomic E-state index is 0.0368. The van der Waals surface area contributed by atoms with E-state index in [9.17, 15) is 14.0 Å². The van der Waals surface area contributed by atoms with Crippen molar-refractivity contribution in [2.75, 3.05) is 11.4 Å². The first-order chi connectivity index (χ1) is 12.2. The van der Waals surface area contributed by atoms with Gasteiger partial charge in [-0.3, -0.25) is 4.79 Å². The van der Waals surface area contributed by atoms with E-state index in [2.05, 4.69) is 5.32 Å². The van der Waals surface area contributed by atoms with E-state index >= 15 is 0 Å². The number of halogens is 1. The van der Waals surface area contributed by atoms with Crippen LogP contribution in [0.5, 0.6) is 0 Å². The summed E-state index contributed by atoms with van der Waals surface area (Å²) in [6, 6.07) is 6.04. The fraction of sp³-hybridized carbons (Fsp3) is 0.600. The molecule has 2 amide bonds. The molecule has 1 aromatic carbocycles. The molecule has 6 heteroatoms. The summed E-state index contributed by atoms with van der Waals surface area (Å²) in [6.07, 6.45) is 2.52. The molecule has 0 unspecified atom stereocenters. The number of hydrogen-bond donors (Lipinski definition) is 1. The molecule has 0 aliphatic heterocycles. The monoisotopic (exact) mass is 364 g/mol. The van der Waals surface area contributed by atoms with Crippen molar-refractivity contribution in [2.24, 2.45) is 5.92 Å². The molecular formula is C20H29FN2O3. The highest BCUT2D eigenvalue weighted by molar-refractivity contribution is 5.95. The van der Waals surface area contributed by atoms with Crippen LogP contribution in [0.25, 0.3) is 0 Å². The normalized spacial score (nSPS) is 20.3. The molecule has 1 saturated carbocycles. The molecule has 1 fully saturated rings. The van der Waals surface area contributed by atoms with Crippen molar-refractivity contribution in [1.82, 2.24) is 5.32 Å². The van der Waals surface area contributed by atoms with Gasteiger partial charge in [-0.25, -0.2) is 9.18 Å². The van der Waals surface area contributed by atoms with E-state index in [1.807, 2.05) is 27.7 Å². The summed E-state index contributed by atoms with van der Waals surface area (Å²) in [5.41, 5.74) is 0.196. The Kier molecular flexibility index (Phi) is 6.62.